The second-order valence-corrected chi connectivity index (χ2v) is 8.38. The zero-order chi connectivity index (χ0) is 21.5. The SMILES string of the molecule is COc1ccc(Cc2nc(SCCOc3ccc(C)cc3)[nH]c(=O)c2Br)cc1OC. The van der Waals surface area contributed by atoms with Crippen molar-refractivity contribution in [3.8, 4) is 17.2 Å². The first-order chi connectivity index (χ1) is 14.5. The Bertz CT molecular complexity index is 1050. The summed E-state index contributed by atoms with van der Waals surface area (Å²) >= 11 is 4.80. The molecule has 0 radical (unpaired) electrons. The maximum absolute atomic E-state index is 12.3. The molecule has 1 heterocycles. The van der Waals surface area contributed by atoms with E-state index in [1.807, 2.05) is 49.4 Å². The molecule has 3 rings (SSSR count). The van der Waals surface area contributed by atoms with Crippen molar-refractivity contribution in [3.05, 3.63) is 74.1 Å². The summed E-state index contributed by atoms with van der Waals surface area (Å²) in [5.74, 6) is 2.78. The summed E-state index contributed by atoms with van der Waals surface area (Å²) in [6.07, 6.45) is 0.484. The number of hydrogen-bond acceptors (Lipinski definition) is 6. The van der Waals surface area contributed by atoms with Crippen LogP contribution in [-0.2, 0) is 6.42 Å². The smallest absolute Gasteiger partial charge is 0.266 e. The molecule has 0 spiro atoms. The van der Waals surface area contributed by atoms with Crippen LogP contribution in [0.2, 0.25) is 0 Å². The van der Waals surface area contributed by atoms with Crippen molar-refractivity contribution in [1.29, 1.82) is 0 Å². The number of methoxy groups -OCH3 is 2. The summed E-state index contributed by atoms with van der Waals surface area (Å²) in [6, 6.07) is 13.6. The molecule has 6 nitrogen and oxygen atoms in total. The molecular formula is C22H23BrN2O4S. The average Bonchev–Trinajstić information content (AvgIpc) is 2.75. The molecule has 3 aromatic rings. The maximum atomic E-state index is 12.3. The summed E-state index contributed by atoms with van der Waals surface area (Å²) in [5, 5.41) is 0.561. The van der Waals surface area contributed by atoms with Gasteiger partial charge in [-0.05, 0) is 52.7 Å². The lowest BCUT2D eigenvalue weighted by Gasteiger charge is -2.11. The zero-order valence-electron chi connectivity index (χ0n) is 17.0. The molecule has 0 saturated heterocycles. The maximum Gasteiger partial charge on any atom is 0.266 e. The fraction of sp³-hybridized carbons (Fsp3) is 0.273. The van der Waals surface area contributed by atoms with Crippen molar-refractivity contribution < 1.29 is 14.2 Å². The molecule has 30 heavy (non-hydrogen) atoms. The molecular weight excluding hydrogens is 468 g/mol. The Kier molecular flexibility index (Phi) is 7.81. The van der Waals surface area contributed by atoms with Gasteiger partial charge in [0.15, 0.2) is 16.7 Å². The van der Waals surface area contributed by atoms with E-state index in [0.717, 1.165) is 11.3 Å². The number of aromatic amines is 1. The summed E-state index contributed by atoms with van der Waals surface area (Å²) in [6.45, 7) is 2.55. The lowest BCUT2D eigenvalue weighted by molar-refractivity contribution is 0.344. The lowest BCUT2D eigenvalue weighted by atomic mass is 10.1. The Hall–Kier alpha value is -2.45. The van der Waals surface area contributed by atoms with Crippen molar-refractivity contribution in [2.75, 3.05) is 26.6 Å². The van der Waals surface area contributed by atoms with Gasteiger partial charge in [-0.3, -0.25) is 4.79 Å². The second kappa shape index (κ2) is 10.5. The third-order valence-corrected chi connectivity index (χ3v) is 6.00. The quantitative estimate of drug-likeness (QED) is 0.268. The normalized spacial score (nSPS) is 10.7. The van der Waals surface area contributed by atoms with E-state index in [-0.39, 0.29) is 5.56 Å². The molecule has 1 aromatic heterocycles. The topological polar surface area (TPSA) is 73.4 Å². The van der Waals surface area contributed by atoms with E-state index in [0.29, 0.717) is 45.6 Å². The number of nitrogens with one attached hydrogen (secondary N) is 1. The standard InChI is InChI=1S/C22H23BrN2O4S/c1-14-4-7-16(8-5-14)29-10-11-30-22-24-17(20(23)21(26)25-22)12-15-6-9-18(27-2)19(13-15)28-3/h4-9,13H,10-12H2,1-3H3,(H,24,25,26). The van der Waals surface area contributed by atoms with Gasteiger partial charge in [0.1, 0.15) is 10.2 Å². The summed E-state index contributed by atoms with van der Waals surface area (Å²) in [5.41, 5.74) is 2.61. The molecule has 0 unspecified atom stereocenters. The van der Waals surface area contributed by atoms with Crippen LogP contribution in [0.1, 0.15) is 16.8 Å². The van der Waals surface area contributed by atoms with Crippen molar-refractivity contribution >= 4 is 27.7 Å². The van der Waals surface area contributed by atoms with Crippen molar-refractivity contribution in [1.82, 2.24) is 9.97 Å². The Morgan fingerprint density at radius 1 is 1.07 bits per heavy atom. The highest BCUT2D eigenvalue weighted by Crippen LogP contribution is 2.29. The average molecular weight is 491 g/mol. The molecule has 0 amide bonds. The van der Waals surface area contributed by atoms with Gasteiger partial charge in [-0.2, -0.15) is 0 Å². The van der Waals surface area contributed by atoms with Crippen LogP contribution >= 0.6 is 27.7 Å². The summed E-state index contributed by atoms with van der Waals surface area (Å²) in [4.78, 5) is 19.7. The summed E-state index contributed by atoms with van der Waals surface area (Å²) in [7, 11) is 3.19. The number of aryl methyl sites for hydroxylation is 1. The van der Waals surface area contributed by atoms with Gasteiger partial charge in [0.05, 0.1) is 26.5 Å². The van der Waals surface area contributed by atoms with Gasteiger partial charge in [0, 0.05) is 12.2 Å². The predicted molar refractivity (Wildman–Crippen MR) is 122 cm³/mol. The molecule has 8 heteroatoms. The van der Waals surface area contributed by atoms with Gasteiger partial charge < -0.3 is 19.2 Å². The van der Waals surface area contributed by atoms with Crippen molar-refractivity contribution in [2.24, 2.45) is 0 Å². The minimum absolute atomic E-state index is 0.206. The monoisotopic (exact) mass is 490 g/mol. The van der Waals surface area contributed by atoms with Crippen LogP contribution in [0.25, 0.3) is 0 Å². The number of halogens is 1. The Labute approximate surface area is 188 Å². The number of ether oxygens (including phenoxy) is 3. The largest absolute Gasteiger partial charge is 0.493 e. The molecule has 1 N–H and O–H groups in total. The first kappa shape index (κ1) is 22.2. The van der Waals surface area contributed by atoms with E-state index >= 15 is 0 Å². The highest BCUT2D eigenvalue weighted by atomic mass is 79.9. The first-order valence-electron chi connectivity index (χ1n) is 9.32. The minimum Gasteiger partial charge on any atom is -0.493 e. The van der Waals surface area contributed by atoms with E-state index in [9.17, 15) is 4.79 Å². The van der Waals surface area contributed by atoms with Gasteiger partial charge in [-0.15, -0.1) is 0 Å². The molecule has 0 bridgehead atoms. The highest BCUT2D eigenvalue weighted by molar-refractivity contribution is 9.10. The third-order valence-electron chi connectivity index (χ3n) is 4.34. The molecule has 0 aliphatic heterocycles. The number of hydrogen-bond donors (Lipinski definition) is 1. The van der Waals surface area contributed by atoms with E-state index < -0.39 is 0 Å². The van der Waals surface area contributed by atoms with E-state index in [1.54, 1.807) is 14.2 Å². The number of benzene rings is 2. The molecule has 0 saturated carbocycles. The Morgan fingerprint density at radius 3 is 2.50 bits per heavy atom. The first-order valence-corrected chi connectivity index (χ1v) is 11.1. The number of H-pyrrole nitrogens is 1. The second-order valence-electron chi connectivity index (χ2n) is 6.51. The summed E-state index contributed by atoms with van der Waals surface area (Å²) < 4.78 is 16.8. The molecule has 158 valence electrons. The lowest BCUT2D eigenvalue weighted by Crippen LogP contribution is -2.14. The highest BCUT2D eigenvalue weighted by Gasteiger charge is 2.12. The van der Waals surface area contributed by atoms with Crippen molar-refractivity contribution in [2.45, 2.75) is 18.5 Å². The van der Waals surface area contributed by atoms with Gasteiger partial charge >= 0.3 is 0 Å². The van der Waals surface area contributed by atoms with Gasteiger partial charge in [0.2, 0.25) is 0 Å². The van der Waals surface area contributed by atoms with Crippen LogP contribution in [-0.4, -0.2) is 36.5 Å². The fourth-order valence-corrected chi connectivity index (χ4v) is 3.81. The van der Waals surface area contributed by atoms with Gasteiger partial charge in [0.25, 0.3) is 5.56 Å². The van der Waals surface area contributed by atoms with Crippen LogP contribution < -0.4 is 19.8 Å². The van der Waals surface area contributed by atoms with Crippen LogP contribution in [0, 0.1) is 6.92 Å². The molecule has 0 aliphatic carbocycles. The molecule has 2 aromatic carbocycles. The number of nitrogens with zero attached hydrogens (tertiary/aromatic N) is 1. The minimum atomic E-state index is -0.206. The Morgan fingerprint density at radius 2 is 1.80 bits per heavy atom. The van der Waals surface area contributed by atoms with E-state index in [4.69, 9.17) is 14.2 Å². The molecule has 0 atom stereocenters. The number of aromatic nitrogens is 2. The van der Waals surface area contributed by atoms with Crippen LogP contribution in [0.4, 0.5) is 0 Å². The fourth-order valence-electron chi connectivity index (χ4n) is 2.78. The van der Waals surface area contributed by atoms with Gasteiger partial charge in [-0.25, -0.2) is 4.98 Å². The molecule has 0 aliphatic rings. The van der Waals surface area contributed by atoms with E-state index in [2.05, 4.69) is 25.9 Å². The van der Waals surface area contributed by atoms with Crippen LogP contribution in [0.15, 0.2) is 56.9 Å². The van der Waals surface area contributed by atoms with Gasteiger partial charge in [-0.1, -0.05) is 35.5 Å². The number of rotatable bonds is 9. The zero-order valence-corrected chi connectivity index (χ0v) is 19.4. The van der Waals surface area contributed by atoms with Crippen LogP contribution in [0.5, 0.6) is 17.2 Å². The van der Waals surface area contributed by atoms with Crippen LogP contribution in [0.3, 0.4) is 0 Å². The van der Waals surface area contributed by atoms with E-state index in [1.165, 1.54) is 17.3 Å². The third kappa shape index (κ3) is 5.79. The Balaban J connectivity index is 1.66. The molecule has 0 fully saturated rings. The predicted octanol–water partition coefficient (Wildman–Crippen LogP) is 4.62. The van der Waals surface area contributed by atoms with Crippen molar-refractivity contribution in [3.63, 3.8) is 0 Å². The number of thioether (sulfide) groups is 1.